The second-order valence-electron chi connectivity index (χ2n) is 7.32. The van der Waals surface area contributed by atoms with Crippen LogP contribution in [0.1, 0.15) is 42.1 Å². The summed E-state index contributed by atoms with van der Waals surface area (Å²) < 4.78 is 18.6. The zero-order chi connectivity index (χ0) is 20.6. The Hall–Kier alpha value is -2.89. The first kappa shape index (κ1) is 20.8. The summed E-state index contributed by atoms with van der Waals surface area (Å²) in [6, 6.07) is 13.3. The topological polar surface area (TPSA) is 58.6 Å². The molecule has 6 heteroatoms. The van der Waals surface area contributed by atoms with Crippen molar-refractivity contribution in [2.24, 2.45) is 0 Å². The van der Waals surface area contributed by atoms with Gasteiger partial charge in [0, 0.05) is 24.7 Å². The first-order chi connectivity index (χ1) is 14.0. The average molecular weight is 398 g/mol. The number of nitrogens with one attached hydrogen (secondary N) is 1. The molecular weight excluding hydrogens is 371 g/mol. The maximum atomic E-state index is 13.0. The number of rotatable bonds is 7. The molecule has 29 heavy (non-hydrogen) atoms. The number of aryl methyl sites for hydroxylation is 1. The Morgan fingerprint density at radius 3 is 2.34 bits per heavy atom. The number of benzene rings is 2. The van der Waals surface area contributed by atoms with Gasteiger partial charge in [0.2, 0.25) is 0 Å². The second-order valence-corrected chi connectivity index (χ2v) is 7.32. The SMILES string of the molecule is CCCc1ccc(OCC(=O)N2CCC(NC(=O)c3ccc(F)cc3)CC2)cc1. The van der Waals surface area contributed by atoms with Gasteiger partial charge < -0.3 is 15.0 Å². The summed E-state index contributed by atoms with van der Waals surface area (Å²) in [4.78, 5) is 26.4. The molecule has 0 spiro atoms. The predicted octanol–water partition coefficient (Wildman–Crippen LogP) is 3.58. The van der Waals surface area contributed by atoms with E-state index in [1.807, 2.05) is 24.3 Å². The highest BCUT2D eigenvalue weighted by Gasteiger charge is 2.24. The molecule has 0 atom stereocenters. The monoisotopic (exact) mass is 398 g/mol. The Kier molecular flexibility index (Phi) is 7.22. The van der Waals surface area contributed by atoms with Crippen LogP contribution in [0.3, 0.4) is 0 Å². The maximum Gasteiger partial charge on any atom is 0.260 e. The van der Waals surface area contributed by atoms with Gasteiger partial charge in [-0.15, -0.1) is 0 Å². The van der Waals surface area contributed by atoms with E-state index in [-0.39, 0.29) is 30.3 Å². The fourth-order valence-electron chi connectivity index (χ4n) is 3.42. The molecule has 1 N–H and O–H groups in total. The molecule has 0 bridgehead atoms. The van der Waals surface area contributed by atoms with Gasteiger partial charge in [0.15, 0.2) is 6.61 Å². The molecule has 2 aromatic rings. The molecule has 0 aromatic heterocycles. The van der Waals surface area contributed by atoms with Gasteiger partial charge in [0.25, 0.3) is 11.8 Å². The Labute approximate surface area is 170 Å². The van der Waals surface area contributed by atoms with Crippen LogP contribution in [0.5, 0.6) is 5.75 Å². The van der Waals surface area contributed by atoms with Crippen LogP contribution in [0.15, 0.2) is 48.5 Å². The molecule has 2 aromatic carbocycles. The van der Waals surface area contributed by atoms with Gasteiger partial charge in [-0.2, -0.15) is 0 Å². The molecule has 0 saturated carbocycles. The van der Waals surface area contributed by atoms with Gasteiger partial charge in [0.1, 0.15) is 11.6 Å². The van der Waals surface area contributed by atoms with Crippen LogP contribution in [0, 0.1) is 5.82 Å². The normalized spacial score (nSPS) is 14.5. The molecule has 1 heterocycles. The molecule has 0 aliphatic carbocycles. The Bertz CT molecular complexity index is 813. The van der Waals surface area contributed by atoms with Crippen LogP contribution in [0.2, 0.25) is 0 Å². The molecule has 1 aliphatic heterocycles. The lowest BCUT2D eigenvalue weighted by atomic mass is 10.0. The Morgan fingerprint density at radius 1 is 1.07 bits per heavy atom. The summed E-state index contributed by atoms with van der Waals surface area (Å²) in [5.41, 5.74) is 1.69. The maximum absolute atomic E-state index is 13.0. The van der Waals surface area contributed by atoms with E-state index in [2.05, 4.69) is 12.2 Å². The number of piperidine rings is 1. The van der Waals surface area contributed by atoms with Crippen LogP contribution in [0.4, 0.5) is 4.39 Å². The minimum Gasteiger partial charge on any atom is -0.484 e. The molecular formula is C23H27FN2O3. The van der Waals surface area contributed by atoms with Crippen LogP contribution in [0.25, 0.3) is 0 Å². The number of halogens is 1. The summed E-state index contributed by atoms with van der Waals surface area (Å²) >= 11 is 0. The second kappa shape index (κ2) is 10.0. The molecule has 0 radical (unpaired) electrons. The summed E-state index contributed by atoms with van der Waals surface area (Å²) in [5, 5.41) is 2.96. The van der Waals surface area contributed by atoms with Crippen molar-refractivity contribution in [3.63, 3.8) is 0 Å². The average Bonchev–Trinajstić information content (AvgIpc) is 2.74. The number of likely N-dealkylation sites (tertiary alicyclic amines) is 1. The first-order valence-corrected chi connectivity index (χ1v) is 10.1. The van der Waals surface area contributed by atoms with Gasteiger partial charge in [-0.1, -0.05) is 25.5 Å². The highest BCUT2D eigenvalue weighted by molar-refractivity contribution is 5.94. The molecule has 5 nitrogen and oxygen atoms in total. The zero-order valence-corrected chi connectivity index (χ0v) is 16.7. The van der Waals surface area contributed by atoms with E-state index >= 15 is 0 Å². The fourth-order valence-corrected chi connectivity index (χ4v) is 3.42. The molecule has 3 rings (SSSR count). The van der Waals surface area contributed by atoms with Crippen molar-refractivity contribution in [3.05, 3.63) is 65.5 Å². The zero-order valence-electron chi connectivity index (χ0n) is 16.7. The third-order valence-electron chi connectivity index (χ3n) is 5.11. The number of nitrogens with zero attached hydrogens (tertiary/aromatic N) is 1. The minimum absolute atomic E-state index is 0.00336. The van der Waals surface area contributed by atoms with E-state index in [4.69, 9.17) is 4.74 Å². The van der Waals surface area contributed by atoms with Crippen LogP contribution in [-0.2, 0) is 11.2 Å². The number of amides is 2. The molecule has 1 saturated heterocycles. The predicted molar refractivity (Wildman–Crippen MR) is 109 cm³/mol. The highest BCUT2D eigenvalue weighted by atomic mass is 19.1. The van der Waals surface area contributed by atoms with E-state index in [9.17, 15) is 14.0 Å². The molecule has 2 amide bonds. The standard InChI is InChI=1S/C23H27FN2O3/c1-2-3-17-4-10-21(11-5-17)29-16-22(27)26-14-12-20(13-15-26)25-23(28)18-6-8-19(24)9-7-18/h4-11,20H,2-3,12-16H2,1H3,(H,25,28). The molecule has 1 aliphatic rings. The lowest BCUT2D eigenvalue weighted by molar-refractivity contribution is -0.134. The first-order valence-electron chi connectivity index (χ1n) is 10.1. The van der Waals surface area contributed by atoms with Gasteiger partial charge in [-0.3, -0.25) is 9.59 Å². The summed E-state index contributed by atoms with van der Waals surface area (Å²) in [6.07, 6.45) is 3.50. The lowest BCUT2D eigenvalue weighted by Crippen LogP contribution is -2.47. The van der Waals surface area contributed by atoms with Gasteiger partial charge in [-0.25, -0.2) is 4.39 Å². The van der Waals surface area contributed by atoms with Crippen LogP contribution < -0.4 is 10.1 Å². The van der Waals surface area contributed by atoms with Crippen molar-refractivity contribution in [2.45, 2.75) is 38.6 Å². The minimum atomic E-state index is -0.368. The third-order valence-corrected chi connectivity index (χ3v) is 5.11. The lowest BCUT2D eigenvalue weighted by Gasteiger charge is -2.32. The van der Waals surface area contributed by atoms with E-state index in [0.717, 1.165) is 12.8 Å². The van der Waals surface area contributed by atoms with Crippen molar-refractivity contribution in [2.75, 3.05) is 19.7 Å². The van der Waals surface area contributed by atoms with Crippen molar-refractivity contribution in [1.82, 2.24) is 10.2 Å². The van der Waals surface area contributed by atoms with E-state index in [0.29, 0.717) is 37.2 Å². The quantitative estimate of drug-likeness (QED) is 0.776. The number of hydrogen-bond donors (Lipinski definition) is 1. The van der Waals surface area contributed by atoms with Crippen LogP contribution in [-0.4, -0.2) is 42.5 Å². The van der Waals surface area contributed by atoms with Crippen molar-refractivity contribution < 1.29 is 18.7 Å². The van der Waals surface area contributed by atoms with Crippen molar-refractivity contribution in [3.8, 4) is 5.75 Å². The number of hydrogen-bond acceptors (Lipinski definition) is 3. The Balaban J connectivity index is 1.40. The Morgan fingerprint density at radius 2 is 1.72 bits per heavy atom. The van der Waals surface area contributed by atoms with Gasteiger partial charge in [-0.05, 0) is 61.2 Å². The number of ether oxygens (including phenoxy) is 1. The van der Waals surface area contributed by atoms with E-state index in [1.54, 1.807) is 4.90 Å². The van der Waals surface area contributed by atoms with Gasteiger partial charge >= 0.3 is 0 Å². The summed E-state index contributed by atoms with van der Waals surface area (Å²) in [6.45, 7) is 3.30. The van der Waals surface area contributed by atoms with Crippen molar-refractivity contribution in [1.29, 1.82) is 0 Å². The third kappa shape index (κ3) is 6.04. The highest BCUT2D eigenvalue weighted by Crippen LogP contribution is 2.15. The van der Waals surface area contributed by atoms with E-state index in [1.165, 1.54) is 29.8 Å². The number of carbonyl (C=O) groups excluding carboxylic acids is 2. The molecule has 154 valence electrons. The smallest absolute Gasteiger partial charge is 0.260 e. The molecule has 0 unspecified atom stereocenters. The van der Waals surface area contributed by atoms with Crippen LogP contribution >= 0.6 is 0 Å². The van der Waals surface area contributed by atoms with Gasteiger partial charge in [0.05, 0.1) is 0 Å². The molecule has 1 fully saturated rings. The largest absolute Gasteiger partial charge is 0.484 e. The van der Waals surface area contributed by atoms with Crippen molar-refractivity contribution >= 4 is 11.8 Å². The van der Waals surface area contributed by atoms with E-state index < -0.39 is 0 Å². The fraction of sp³-hybridized carbons (Fsp3) is 0.391. The number of carbonyl (C=O) groups is 2. The summed E-state index contributed by atoms with van der Waals surface area (Å²) in [5.74, 6) is 0.0581. The summed E-state index contributed by atoms with van der Waals surface area (Å²) in [7, 11) is 0.